The number of unbranched alkanes of at least 4 members (excludes halogenated alkanes) is 1. The number of aromatic nitrogens is 1. The maximum atomic E-state index is 13.4. The average molecular weight is 568 g/mol. The van der Waals surface area contributed by atoms with Crippen LogP contribution in [0.1, 0.15) is 77.9 Å². The Balaban J connectivity index is 1.47. The summed E-state index contributed by atoms with van der Waals surface area (Å²) in [6.45, 7) is 8.15. The third kappa shape index (κ3) is 4.24. The van der Waals surface area contributed by atoms with Gasteiger partial charge >= 0.3 is 17.8 Å². The number of hydrogen-bond donors (Lipinski definition) is 1. The Morgan fingerprint density at radius 2 is 2.02 bits per heavy atom. The van der Waals surface area contributed by atoms with Crippen LogP contribution in [0.2, 0.25) is 0 Å². The van der Waals surface area contributed by atoms with Gasteiger partial charge in [-0.05, 0) is 56.1 Å². The third-order valence-electron chi connectivity index (χ3n) is 10.3. The molecule has 2 aromatic rings. The topological polar surface area (TPSA) is 134 Å². The van der Waals surface area contributed by atoms with Crippen LogP contribution in [0.15, 0.2) is 39.8 Å². The second kappa shape index (κ2) is 9.86. The van der Waals surface area contributed by atoms with Crippen LogP contribution >= 0.6 is 0 Å². The molecule has 4 heterocycles. The van der Waals surface area contributed by atoms with Crippen molar-refractivity contribution in [2.24, 2.45) is 22.7 Å². The number of nitrogens with zero attached hydrogens (tertiary/aromatic N) is 1. The van der Waals surface area contributed by atoms with E-state index in [2.05, 4.69) is 11.9 Å². The quantitative estimate of drug-likeness (QED) is 0.494. The van der Waals surface area contributed by atoms with E-state index in [0.29, 0.717) is 31.2 Å². The van der Waals surface area contributed by atoms with Crippen molar-refractivity contribution in [2.45, 2.75) is 90.1 Å². The molecule has 2 saturated carbocycles. The first-order valence-corrected chi connectivity index (χ1v) is 14.5. The van der Waals surface area contributed by atoms with Crippen molar-refractivity contribution in [1.82, 2.24) is 4.98 Å². The molecule has 3 fully saturated rings. The maximum Gasteiger partial charge on any atom is 0.508 e. The Bertz CT molecular complexity index is 1410. The molecule has 0 bridgehead atoms. The highest BCUT2D eigenvalue weighted by Gasteiger charge is 2.71. The van der Waals surface area contributed by atoms with Gasteiger partial charge in [-0.2, -0.15) is 0 Å². The number of ether oxygens (including phenoxy) is 4. The second-order valence-corrected chi connectivity index (χ2v) is 12.7. The molecule has 10 nitrogen and oxygen atoms in total. The molecule has 0 amide bonds. The van der Waals surface area contributed by atoms with Crippen LogP contribution in [0, 0.1) is 22.7 Å². The summed E-state index contributed by atoms with van der Waals surface area (Å²) in [5, 5.41) is 12.1. The van der Waals surface area contributed by atoms with E-state index in [1.165, 1.54) is 0 Å². The molecule has 1 N–H and O–H groups in total. The molecule has 1 saturated heterocycles. The second-order valence-electron chi connectivity index (χ2n) is 12.7. The van der Waals surface area contributed by atoms with E-state index in [1.54, 1.807) is 30.6 Å². The molecule has 220 valence electrons. The molecule has 10 heteroatoms. The lowest BCUT2D eigenvalue weighted by Crippen LogP contribution is -2.72. The molecule has 0 unspecified atom stereocenters. The van der Waals surface area contributed by atoms with Gasteiger partial charge in [-0.15, -0.1) is 0 Å². The molecular weight excluding hydrogens is 530 g/mol. The van der Waals surface area contributed by atoms with Crippen LogP contribution in [0.5, 0.6) is 5.75 Å². The van der Waals surface area contributed by atoms with Gasteiger partial charge in [0.25, 0.3) is 0 Å². The van der Waals surface area contributed by atoms with Gasteiger partial charge in [-0.25, -0.2) is 9.59 Å². The normalized spacial score (nSPS) is 37.2. The van der Waals surface area contributed by atoms with Gasteiger partial charge in [0.2, 0.25) is 0 Å². The highest BCUT2D eigenvalue weighted by atomic mass is 16.7. The number of pyridine rings is 1. The van der Waals surface area contributed by atoms with Gasteiger partial charge in [0.15, 0.2) is 0 Å². The molecule has 0 aromatic carbocycles. The molecule has 41 heavy (non-hydrogen) atoms. The van der Waals surface area contributed by atoms with Gasteiger partial charge in [0, 0.05) is 41.8 Å². The first-order valence-electron chi connectivity index (χ1n) is 14.5. The largest absolute Gasteiger partial charge is 0.508 e. The van der Waals surface area contributed by atoms with Crippen LogP contribution in [0.4, 0.5) is 4.79 Å². The summed E-state index contributed by atoms with van der Waals surface area (Å²) in [5.74, 6) is -0.672. The third-order valence-corrected chi connectivity index (χ3v) is 10.3. The minimum atomic E-state index is -1.25. The number of esters is 1. The Kier molecular flexibility index (Phi) is 6.67. The van der Waals surface area contributed by atoms with E-state index in [-0.39, 0.29) is 48.1 Å². The number of rotatable bonds is 5. The van der Waals surface area contributed by atoms with E-state index in [0.717, 1.165) is 6.42 Å². The van der Waals surface area contributed by atoms with Gasteiger partial charge in [0.05, 0.1) is 6.10 Å². The number of carbonyl (C=O) groups is 2. The summed E-state index contributed by atoms with van der Waals surface area (Å²) in [6, 6.07) is 5.11. The Morgan fingerprint density at radius 3 is 2.76 bits per heavy atom. The molecule has 8 atom stereocenters. The number of hydrogen-bond acceptors (Lipinski definition) is 10. The van der Waals surface area contributed by atoms with E-state index in [1.807, 2.05) is 20.8 Å². The maximum absolute atomic E-state index is 13.4. The Morgan fingerprint density at radius 1 is 1.22 bits per heavy atom. The lowest BCUT2D eigenvalue weighted by atomic mass is 9.42. The Labute approximate surface area is 238 Å². The molecule has 0 radical (unpaired) electrons. The van der Waals surface area contributed by atoms with Crippen molar-refractivity contribution in [3.8, 4) is 17.1 Å². The van der Waals surface area contributed by atoms with Crippen LogP contribution in [0.25, 0.3) is 11.3 Å². The number of cyclic esters (lactones) is 1. The van der Waals surface area contributed by atoms with E-state index < -0.39 is 46.3 Å². The number of carbonyl (C=O) groups excluding carboxylic acids is 2. The fourth-order valence-corrected chi connectivity index (χ4v) is 8.28. The van der Waals surface area contributed by atoms with E-state index in [9.17, 15) is 19.5 Å². The van der Waals surface area contributed by atoms with Crippen molar-refractivity contribution < 1.29 is 38.1 Å². The molecule has 4 aliphatic rings. The summed E-state index contributed by atoms with van der Waals surface area (Å²) in [4.78, 5) is 42.6. The molecule has 0 spiro atoms. The summed E-state index contributed by atoms with van der Waals surface area (Å²) in [5.41, 5.74) is -2.37. The summed E-state index contributed by atoms with van der Waals surface area (Å²) in [7, 11) is 0. The standard InChI is InChI=1S/C31H37NO9/c1-5-6-9-23(33)39-22-14-20-29(2,11-10-21-30(20,3)16-37-28(36)40-21)26-25(34)24-19(41-31(22,26)4)13-18(38-27(24)35)17-8-7-12-32-15-17/h7-8,12-13,15,20-22,25-26,34H,5-6,9-11,14,16H2,1-4H3/t20-,21+,22+,25+,26-,29+,30+,31-/m1/s1. The molecule has 2 aliphatic heterocycles. The monoisotopic (exact) mass is 567 g/mol. The van der Waals surface area contributed by atoms with Gasteiger partial charge in [-0.1, -0.05) is 27.2 Å². The first kappa shape index (κ1) is 27.8. The van der Waals surface area contributed by atoms with Crippen molar-refractivity contribution in [3.63, 3.8) is 0 Å². The van der Waals surface area contributed by atoms with Gasteiger partial charge < -0.3 is 28.5 Å². The fraction of sp³-hybridized carbons (Fsp3) is 0.613. The van der Waals surface area contributed by atoms with Crippen molar-refractivity contribution >= 4 is 12.1 Å². The smallest absolute Gasteiger partial charge is 0.482 e. The van der Waals surface area contributed by atoms with Crippen molar-refractivity contribution in [1.29, 1.82) is 0 Å². The fourth-order valence-electron chi connectivity index (χ4n) is 8.28. The van der Waals surface area contributed by atoms with Gasteiger partial charge in [-0.3, -0.25) is 9.78 Å². The summed E-state index contributed by atoms with van der Waals surface area (Å²) >= 11 is 0. The number of aliphatic hydroxyl groups excluding tert-OH is 1. The summed E-state index contributed by atoms with van der Waals surface area (Å²) < 4.78 is 29.6. The van der Waals surface area contributed by atoms with Crippen molar-refractivity contribution in [3.05, 3.63) is 46.6 Å². The van der Waals surface area contributed by atoms with E-state index in [4.69, 9.17) is 23.4 Å². The lowest BCUT2D eigenvalue weighted by molar-refractivity contribution is -0.277. The van der Waals surface area contributed by atoms with Crippen LogP contribution in [-0.2, 0) is 19.0 Å². The molecular formula is C31H37NO9. The highest BCUT2D eigenvalue weighted by molar-refractivity contribution is 5.69. The van der Waals surface area contributed by atoms with Crippen LogP contribution in [-0.4, -0.2) is 46.6 Å². The molecule has 6 rings (SSSR count). The number of fused-ring (bicyclic) bond motifs is 6. The highest BCUT2D eigenvalue weighted by Crippen LogP contribution is 2.68. The molecule has 2 aromatic heterocycles. The minimum Gasteiger partial charge on any atom is -0.482 e. The SMILES string of the molecule is CCCCC(=O)O[C@H]1C[C@H]2[C@]3(C)COC(=O)O[C@H]3CC[C@]2(C)[C@H]2[C@@H](O)c3c(cc(-c4cccnc4)oc3=O)O[C@]12C. The van der Waals surface area contributed by atoms with Crippen molar-refractivity contribution in [2.75, 3.05) is 6.61 Å². The zero-order valence-electron chi connectivity index (χ0n) is 23.9. The lowest BCUT2D eigenvalue weighted by Gasteiger charge is -2.66. The number of aliphatic hydroxyl groups is 1. The zero-order chi connectivity index (χ0) is 29.2. The van der Waals surface area contributed by atoms with Gasteiger partial charge in [0.1, 0.15) is 41.5 Å². The predicted molar refractivity (Wildman–Crippen MR) is 145 cm³/mol. The molecule has 2 aliphatic carbocycles. The first-order chi connectivity index (χ1) is 19.5. The van der Waals surface area contributed by atoms with E-state index >= 15 is 0 Å². The Hall–Kier alpha value is -3.40. The minimum absolute atomic E-state index is 0.0525. The average Bonchev–Trinajstić information content (AvgIpc) is 2.93. The van der Waals surface area contributed by atoms with Crippen LogP contribution in [0.3, 0.4) is 0 Å². The van der Waals surface area contributed by atoms with Crippen LogP contribution < -0.4 is 10.4 Å². The summed E-state index contributed by atoms with van der Waals surface area (Å²) in [6.07, 6.45) is 3.57. The zero-order valence-corrected chi connectivity index (χ0v) is 23.9. The predicted octanol–water partition coefficient (Wildman–Crippen LogP) is 4.97.